The van der Waals surface area contributed by atoms with Crippen LogP contribution >= 0.6 is 0 Å². The van der Waals surface area contributed by atoms with Gasteiger partial charge in [0.05, 0.1) is 12.2 Å². The first-order valence-electron chi connectivity index (χ1n) is 9.38. The van der Waals surface area contributed by atoms with E-state index in [9.17, 15) is 9.59 Å². The van der Waals surface area contributed by atoms with Crippen LogP contribution in [0.1, 0.15) is 50.9 Å². The number of hydrogen-bond donors (Lipinski definition) is 2. The molecule has 0 unspecified atom stereocenters. The standard InChI is InChI=1S/C21H29N3O2/c1-14(25)17-11-15-5-8-22-12-18(15)20(17)23-19(26)13-24-9-6-16(7-10-24)21(2,3)4/h5,8,11-12,16,22H,6-7,9-10,13H2,1-4H3,(H,23,26). The number of amides is 1. The van der Waals surface area contributed by atoms with Crippen LogP contribution in [0.4, 0.5) is 5.69 Å². The van der Waals surface area contributed by atoms with Gasteiger partial charge in [0.15, 0.2) is 5.78 Å². The van der Waals surface area contributed by atoms with Crippen molar-refractivity contribution in [1.29, 1.82) is 0 Å². The molecule has 2 N–H and O–H groups in total. The van der Waals surface area contributed by atoms with E-state index in [1.54, 1.807) is 0 Å². The summed E-state index contributed by atoms with van der Waals surface area (Å²) in [6, 6.07) is 3.75. The van der Waals surface area contributed by atoms with Gasteiger partial charge >= 0.3 is 0 Å². The number of carbonyl (C=O) groups is 2. The zero-order chi connectivity index (χ0) is 18.9. The molecule has 0 radical (unpaired) electrons. The molecule has 0 atom stereocenters. The zero-order valence-corrected chi connectivity index (χ0v) is 16.2. The smallest absolute Gasteiger partial charge is 0.238 e. The number of nitrogens with zero attached hydrogens (tertiary/aromatic N) is 1. The lowest BCUT2D eigenvalue weighted by molar-refractivity contribution is -0.117. The summed E-state index contributed by atoms with van der Waals surface area (Å²) in [7, 11) is 0. The molecular weight excluding hydrogens is 326 g/mol. The number of aromatic nitrogens is 1. The zero-order valence-electron chi connectivity index (χ0n) is 16.2. The van der Waals surface area contributed by atoms with Crippen molar-refractivity contribution < 1.29 is 9.59 Å². The molecule has 3 aliphatic rings. The summed E-state index contributed by atoms with van der Waals surface area (Å²) >= 11 is 0. The molecule has 1 fully saturated rings. The number of aromatic amines is 1. The highest BCUT2D eigenvalue weighted by atomic mass is 16.2. The second kappa shape index (κ2) is 7.23. The van der Waals surface area contributed by atoms with Crippen LogP contribution in [0.2, 0.25) is 0 Å². The van der Waals surface area contributed by atoms with Gasteiger partial charge in [-0.05, 0) is 61.9 Å². The largest absolute Gasteiger partial charge is 0.367 e. The minimum atomic E-state index is -0.0574. The van der Waals surface area contributed by atoms with Crippen LogP contribution in [0.25, 0.3) is 11.1 Å². The summed E-state index contributed by atoms with van der Waals surface area (Å²) < 4.78 is 0. The van der Waals surface area contributed by atoms with E-state index in [1.807, 2.05) is 24.5 Å². The van der Waals surface area contributed by atoms with Crippen molar-refractivity contribution in [2.45, 2.75) is 40.5 Å². The number of rotatable bonds is 4. The van der Waals surface area contributed by atoms with Gasteiger partial charge in [-0.2, -0.15) is 0 Å². The van der Waals surface area contributed by atoms with Crippen LogP contribution in [-0.4, -0.2) is 41.2 Å². The SMILES string of the molecule is CC(=O)c1cc2cc[nH]cc-2c1NC(=O)CN1CCC(C(C)(C)C)CC1. The van der Waals surface area contributed by atoms with E-state index in [1.165, 1.54) is 6.92 Å². The maximum atomic E-state index is 12.6. The van der Waals surface area contributed by atoms with Crippen molar-refractivity contribution in [3.63, 3.8) is 0 Å². The van der Waals surface area contributed by atoms with E-state index in [4.69, 9.17) is 0 Å². The molecule has 2 heterocycles. The van der Waals surface area contributed by atoms with E-state index >= 15 is 0 Å². The van der Waals surface area contributed by atoms with Gasteiger partial charge in [0.25, 0.3) is 0 Å². The lowest BCUT2D eigenvalue weighted by Crippen LogP contribution is -2.41. The predicted octanol–water partition coefficient (Wildman–Crippen LogP) is 4.02. The molecule has 1 saturated heterocycles. The second-order valence-electron chi connectivity index (χ2n) is 8.47. The normalized spacial score (nSPS) is 16.8. The fraction of sp³-hybridized carbons (Fsp3) is 0.524. The lowest BCUT2D eigenvalue weighted by atomic mass is 9.75. The van der Waals surface area contributed by atoms with Crippen molar-refractivity contribution in [2.24, 2.45) is 11.3 Å². The first-order chi connectivity index (χ1) is 12.3. The summed E-state index contributed by atoms with van der Waals surface area (Å²) in [4.78, 5) is 29.8. The monoisotopic (exact) mass is 355 g/mol. The Bertz CT molecular complexity index is 764. The molecule has 140 valence electrons. The topological polar surface area (TPSA) is 65.2 Å². The average molecular weight is 355 g/mol. The van der Waals surface area contributed by atoms with Crippen LogP contribution in [0.15, 0.2) is 24.5 Å². The van der Waals surface area contributed by atoms with Gasteiger partial charge in [-0.3, -0.25) is 14.5 Å². The Labute approximate surface area is 155 Å². The average Bonchev–Trinajstić information content (AvgIpc) is 2.93. The Kier molecular flexibility index (Phi) is 5.19. The Morgan fingerprint density at radius 3 is 2.58 bits per heavy atom. The highest BCUT2D eigenvalue weighted by Crippen LogP contribution is 2.36. The highest BCUT2D eigenvalue weighted by molar-refractivity contribution is 6.10. The molecule has 0 aromatic carbocycles. The third-order valence-corrected chi connectivity index (χ3v) is 5.56. The van der Waals surface area contributed by atoms with E-state index in [0.717, 1.165) is 37.1 Å². The maximum Gasteiger partial charge on any atom is 0.238 e. The third kappa shape index (κ3) is 3.98. The Morgan fingerprint density at radius 1 is 1.27 bits per heavy atom. The van der Waals surface area contributed by atoms with Crippen molar-refractivity contribution in [3.8, 4) is 11.1 Å². The van der Waals surface area contributed by atoms with E-state index in [0.29, 0.717) is 29.1 Å². The molecule has 5 heteroatoms. The number of ketones is 1. The van der Waals surface area contributed by atoms with E-state index in [2.05, 4.69) is 36.0 Å². The molecule has 0 aromatic rings. The van der Waals surface area contributed by atoms with Crippen LogP contribution in [0.5, 0.6) is 0 Å². The van der Waals surface area contributed by atoms with Crippen molar-refractivity contribution >= 4 is 17.4 Å². The molecule has 26 heavy (non-hydrogen) atoms. The summed E-state index contributed by atoms with van der Waals surface area (Å²) in [5.41, 5.74) is 3.35. The van der Waals surface area contributed by atoms with Gasteiger partial charge in [-0.1, -0.05) is 20.8 Å². The van der Waals surface area contributed by atoms with Gasteiger partial charge < -0.3 is 10.3 Å². The molecular formula is C21H29N3O2. The number of pyridine rings is 1. The number of H-pyrrole nitrogens is 1. The van der Waals surface area contributed by atoms with Gasteiger partial charge in [0, 0.05) is 23.5 Å². The van der Waals surface area contributed by atoms with Gasteiger partial charge in [0.1, 0.15) is 0 Å². The Morgan fingerprint density at radius 2 is 1.96 bits per heavy atom. The predicted molar refractivity (Wildman–Crippen MR) is 105 cm³/mol. The van der Waals surface area contributed by atoms with E-state index < -0.39 is 0 Å². The number of anilines is 1. The summed E-state index contributed by atoms with van der Waals surface area (Å²) in [5, 5.41) is 2.98. The molecule has 0 spiro atoms. The van der Waals surface area contributed by atoms with Crippen LogP contribution in [0, 0.1) is 11.3 Å². The molecule has 2 aliphatic heterocycles. The van der Waals surface area contributed by atoms with Crippen molar-refractivity contribution in [1.82, 2.24) is 9.88 Å². The fourth-order valence-electron chi connectivity index (χ4n) is 3.91. The number of nitrogens with one attached hydrogen (secondary N) is 2. The molecule has 0 saturated carbocycles. The minimum Gasteiger partial charge on any atom is -0.367 e. The van der Waals surface area contributed by atoms with Gasteiger partial charge in [-0.25, -0.2) is 0 Å². The number of fused-ring (bicyclic) bond motifs is 1. The molecule has 5 nitrogen and oxygen atoms in total. The highest BCUT2D eigenvalue weighted by Gasteiger charge is 2.29. The fourth-order valence-corrected chi connectivity index (χ4v) is 3.91. The third-order valence-electron chi connectivity index (χ3n) is 5.56. The van der Waals surface area contributed by atoms with Crippen LogP contribution in [0.3, 0.4) is 0 Å². The molecule has 1 amide bonds. The minimum absolute atomic E-state index is 0.0394. The first kappa shape index (κ1) is 18.6. The van der Waals surface area contributed by atoms with Gasteiger partial charge in [-0.15, -0.1) is 0 Å². The molecule has 1 aliphatic carbocycles. The van der Waals surface area contributed by atoms with Crippen molar-refractivity contribution in [3.05, 3.63) is 30.1 Å². The summed E-state index contributed by atoms with van der Waals surface area (Å²) in [6.07, 6.45) is 5.90. The quantitative estimate of drug-likeness (QED) is 0.814. The molecule has 0 aromatic heterocycles. The van der Waals surface area contributed by atoms with Crippen LogP contribution in [-0.2, 0) is 4.79 Å². The number of Topliss-reactive ketones (excluding diaryl/α,β-unsaturated/α-hetero) is 1. The second-order valence-corrected chi connectivity index (χ2v) is 8.47. The Hall–Kier alpha value is -2.14. The molecule has 3 rings (SSSR count). The van der Waals surface area contributed by atoms with E-state index in [-0.39, 0.29) is 11.7 Å². The summed E-state index contributed by atoms with van der Waals surface area (Å²) in [5.74, 6) is 0.612. The number of carbonyl (C=O) groups excluding carboxylic acids is 2. The Balaban J connectivity index is 1.66. The number of likely N-dealkylation sites (tertiary alicyclic amines) is 1. The van der Waals surface area contributed by atoms with Crippen molar-refractivity contribution in [2.75, 3.05) is 25.0 Å². The first-order valence-corrected chi connectivity index (χ1v) is 9.38. The van der Waals surface area contributed by atoms with Crippen LogP contribution < -0.4 is 5.32 Å². The number of piperidine rings is 1. The number of hydrogen-bond acceptors (Lipinski definition) is 3. The van der Waals surface area contributed by atoms with Gasteiger partial charge in [0.2, 0.25) is 5.91 Å². The lowest BCUT2D eigenvalue weighted by Gasteiger charge is -2.38. The molecule has 0 bridgehead atoms. The maximum absolute atomic E-state index is 12.6. The summed E-state index contributed by atoms with van der Waals surface area (Å²) in [6.45, 7) is 10.7.